The van der Waals surface area contributed by atoms with E-state index in [-0.39, 0.29) is 6.04 Å². The molecule has 0 spiro atoms. The molecule has 4 heteroatoms. The van der Waals surface area contributed by atoms with Gasteiger partial charge in [-0.05, 0) is 25.4 Å². The molecule has 2 heterocycles. The van der Waals surface area contributed by atoms with E-state index >= 15 is 0 Å². The highest BCUT2D eigenvalue weighted by Gasteiger charge is 2.23. The number of likely N-dealkylation sites (N-methyl/N-ethyl adjacent to an activating group) is 1. The molecule has 0 amide bonds. The van der Waals surface area contributed by atoms with Gasteiger partial charge in [-0.25, -0.2) is 0 Å². The molecule has 0 aliphatic carbocycles. The van der Waals surface area contributed by atoms with Crippen LogP contribution in [0.3, 0.4) is 0 Å². The molecule has 2 rings (SSSR count). The largest absolute Gasteiger partial charge is 0.322 e. The third kappa shape index (κ3) is 2.83. The number of hydrogen-bond acceptors (Lipinski definition) is 4. The highest BCUT2D eigenvalue weighted by atomic mass is 32.1. The second-order valence-electron chi connectivity index (χ2n) is 4.73. The van der Waals surface area contributed by atoms with E-state index in [0.29, 0.717) is 6.04 Å². The average Bonchev–Trinajstić information content (AvgIpc) is 2.75. The smallest absolute Gasteiger partial charge is 0.0519 e. The van der Waals surface area contributed by atoms with Crippen LogP contribution in [0.5, 0.6) is 0 Å². The lowest BCUT2D eigenvalue weighted by atomic mass is 10.1. The molecule has 2 atom stereocenters. The molecule has 3 nitrogen and oxygen atoms in total. The molecule has 0 bridgehead atoms. The fraction of sp³-hybridized carbons (Fsp3) is 0.667. The van der Waals surface area contributed by atoms with Crippen molar-refractivity contribution in [3.63, 3.8) is 0 Å². The molecule has 2 N–H and O–H groups in total. The van der Waals surface area contributed by atoms with Crippen LogP contribution in [-0.4, -0.2) is 49.1 Å². The Balaban J connectivity index is 1.89. The molecular weight excluding hydrogens is 218 g/mol. The van der Waals surface area contributed by atoms with Crippen LogP contribution in [-0.2, 0) is 0 Å². The zero-order valence-electron chi connectivity index (χ0n) is 10.1. The maximum atomic E-state index is 6.22. The van der Waals surface area contributed by atoms with Gasteiger partial charge in [0.1, 0.15) is 0 Å². The Morgan fingerprint density at radius 3 is 3.00 bits per heavy atom. The van der Waals surface area contributed by atoms with E-state index < -0.39 is 0 Å². The molecule has 1 aromatic rings. The van der Waals surface area contributed by atoms with Crippen LogP contribution in [0.15, 0.2) is 17.5 Å². The van der Waals surface area contributed by atoms with Gasteiger partial charge in [-0.15, -0.1) is 11.3 Å². The molecular formula is C12H21N3S. The zero-order valence-corrected chi connectivity index (χ0v) is 10.9. The summed E-state index contributed by atoms with van der Waals surface area (Å²) in [6.45, 7) is 6.71. The summed E-state index contributed by atoms with van der Waals surface area (Å²) >= 11 is 1.76. The highest BCUT2D eigenvalue weighted by Crippen LogP contribution is 2.19. The third-order valence-electron chi connectivity index (χ3n) is 3.31. The van der Waals surface area contributed by atoms with Crippen LogP contribution in [0.4, 0.5) is 0 Å². The summed E-state index contributed by atoms with van der Waals surface area (Å²) < 4.78 is 0. The van der Waals surface area contributed by atoms with Gasteiger partial charge in [-0.1, -0.05) is 6.07 Å². The fourth-order valence-electron chi connectivity index (χ4n) is 2.29. The second kappa shape index (κ2) is 5.27. The minimum Gasteiger partial charge on any atom is -0.322 e. The van der Waals surface area contributed by atoms with Crippen LogP contribution in [0.2, 0.25) is 0 Å². The first kappa shape index (κ1) is 12.0. The molecule has 0 aromatic carbocycles. The van der Waals surface area contributed by atoms with E-state index in [0.717, 1.165) is 26.2 Å². The Morgan fingerprint density at radius 2 is 2.38 bits per heavy atom. The summed E-state index contributed by atoms with van der Waals surface area (Å²) in [6.07, 6.45) is 0. The Morgan fingerprint density at radius 1 is 1.56 bits per heavy atom. The number of nitrogens with two attached hydrogens (primary N) is 1. The Labute approximate surface area is 102 Å². The molecule has 2 unspecified atom stereocenters. The van der Waals surface area contributed by atoms with E-state index in [4.69, 9.17) is 5.73 Å². The van der Waals surface area contributed by atoms with Crippen molar-refractivity contribution in [2.24, 2.45) is 5.73 Å². The minimum atomic E-state index is 0.172. The van der Waals surface area contributed by atoms with Gasteiger partial charge in [0.2, 0.25) is 0 Å². The molecule has 16 heavy (non-hydrogen) atoms. The van der Waals surface area contributed by atoms with Crippen molar-refractivity contribution in [2.45, 2.75) is 19.0 Å². The monoisotopic (exact) mass is 239 g/mol. The molecule has 1 aromatic heterocycles. The summed E-state index contributed by atoms with van der Waals surface area (Å²) in [5, 5.41) is 2.10. The summed E-state index contributed by atoms with van der Waals surface area (Å²) in [5.74, 6) is 0. The SMILES string of the molecule is CC1CN(C)CCN1CC(N)c1cccs1. The van der Waals surface area contributed by atoms with Gasteiger partial charge in [-0.3, -0.25) is 4.90 Å². The van der Waals surface area contributed by atoms with Crippen molar-refractivity contribution in [3.05, 3.63) is 22.4 Å². The van der Waals surface area contributed by atoms with Crippen molar-refractivity contribution in [2.75, 3.05) is 33.2 Å². The number of nitrogens with zero attached hydrogens (tertiary/aromatic N) is 2. The molecule has 90 valence electrons. The van der Waals surface area contributed by atoms with E-state index in [1.54, 1.807) is 11.3 Å². The highest BCUT2D eigenvalue weighted by molar-refractivity contribution is 7.10. The Hall–Kier alpha value is -0.420. The van der Waals surface area contributed by atoms with Crippen LogP contribution >= 0.6 is 11.3 Å². The average molecular weight is 239 g/mol. The first-order valence-corrected chi connectivity index (χ1v) is 6.76. The molecule has 1 aliphatic rings. The molecule has 1 aliphatic heterocycles. The predicted octanol–water partition coefficient (Wildman–Crippen LogP) is 1.38. The summed E-state index contributed by atoms with van der Waals surface area (Å²) in [6, 6.07) is 5.00. The molecule has 0 saturated carbocycles. The van der Waals surface area contributed by atoms with E-state index in [1.165, 1.54) is 4.88 Å². The minimum absolute atomic E-state index is 0.172. The second-order valence-corrected chi connectivity index (χ2v) is 5.71. The number of piperazine rings is 1. The van der Waals surface area contributed by atoms with Crippen LogP contribution < -0.4 is 5.73 Å². The lowest BCUT2D eigenvalue weighted by Crippen LogP contribution is -2.52. The maximum absolute atomic E-state index is 6.22. The lowest BCUT2D eigenvalue weighted by Gasteiger charge is -2.39. The normalized spacial score (nSPS) is 25.8. The number of rotatable bonds is 3. The van der Waals surface area contributed by atoms with E-state index in [1.807, 2.05) is 0 Å². The summed E-state index contributed by atoms with van der Waals surface area (Å²) in [5.41, 5.74) is 6.22. The number of hydrogen-bond donors (Lipinski definition) is 1. The van der Waals surface area contributed by atoms with E-state index in [9.17, 15) is 0 Å². The first-order valence-electron chi connectivity index (χ1n) is 5.88. The van der Waals surface area contributed by atoms with Crippen molar-refractivity contribution < 1.29 is 0 Å². The zero-order chi connectivity index (χ0) is 11.5. The van der Waals surface area contributed by atoms with Crippen molar-refractivity contribution in [1.29, 1.82) is 0 Å². The first-order chi connectivity index (χ1) is 7.66. The molecule has 1 fully saturated rings. The van der Waals surface area contributed by atoms with Crippen LogP contribution in [0.1, 0.15) is 17.8 Å². The quantitative estimate of drug-likeness (QED) is 0.865. The van der Waals surface area contributed by atoms with Gasteiger partial charge in [0.15, 0.2) is 0 Å². The predicted molar refractivity (Wildman–Crippen MR) is 69.8 cm³/mol. The lowest BCUT2D eigenvalue weighted by molar-refractivity contribution is 0.0948. The Kier molecular flexibility index (Phi) is 3.97. The standard InChI is InChI=1S/C12H21N3S/c1-10-8-14(2)5-6-15(10)9-11(13)12-4-3-7-16-12/h3-4,7,10-11H,5-6,8-9,13H2,1-2H3. The van der Waals surface area contributed by atoms with Crippen LogP contribution in [0.25, 0.3) is 0 Å². The summed E-state index contributed by atoms with van der Waals surface area (Å²) in [7, 11) is 2.19. The van der Waals surface area contributed by atoms with E-state index in [2.05, 4.69) is 41.3 Å². The van der Waals surface area contributed by atoms with Crippen molar-refractivity contribution >= 4 is 11.3 Å². The van der Waals surface area contributed by atoms with Gasteiger partial charge < -0.3 is 10.6 Å². The van der Waals surface area contributed by atoms with Crippen molar-refractivity contribution in [3.8, 4) is 0 Å². The fourth-order valence-corrected chi connectivity index (χ4v) is 3.01. The molecule has 0 radical (unpaired) electrons. The van der Waals surface area contributed by atoms with Gasteiger partial charge in [0.25, 0.3) is 0 Å². The third-order valence-corrected chi connectivity index (χ3v) is 4.31. The van der Waals surface area contributed by atoms with Gasteiger partial charge >= 0.3 is 0 Å². The van der Waals surface area contributed by atoms with Gasteiger partial charge in [0.05, 0.1) is 6.04 Å². The molecule has 1 saturated heterocycles. The number of thiophene rings is 1. The van der Waals surface area contributed by atoms with Crippen molar-refractivity contribution in [1.82, 2.24) is 9.80 Å². The Bertz CT molecular complexity index is 312. The van der Waals surface area contributed by atoms with Crippen LogP contribution in [0, 0.1) is 0 Å². The van der Waals surface area contributed by atoms with Gasteiger partial charge in [-0.2, -0.15) is 0 Å². The van der Waals surface area contributed by atoms with Gasteiger partial charge in [0, 0.05) is 37.1 Å². The summed E-state index contributed by atoms with van der Waals surface area (Å²) in [4.78, 5) is 6.19. The topological polar surface area (TPSA) is 32.5 Å². The maximum Gasteiger partial charge on any atom is 0.0519 e.